The van der Waals surface area contributed by atoms with Crippen LogP contribution in [0.15, 0.2) is 0 Å². The predicted molar refractivity (Wildman–Crippen MR) is 29.2 cm³/mol. The number of halogens is 1. The van der Waals surface area contributed by atoms with Gasteiger partial charge in [-0.1, -0.05) is 0 Å². The van der Waals surface area contributed by atoms with Crippen LogP contribution in [0.25, 0.3) is 0 Å². The number of rotatable bonds is 1. The summed E-state index contributed by atoms with van der Waals surface area (Å²) in [5.74, 6) is 0. The molecule has 30 valence electrons. The van der Waals surface area contributed by atoms with E-state index in [0.29, 0.717) is 5.54 Å². The molecule has 0 spiro atoms. The highest BCUT2D eigenvalue weighted by Gasteiger charge is 1.93. The van der Waals surface area contributed by atoms with Crippen molar-refractivity contribution in [3.8, 4) is 0 Å². The van der Waals surface area contributed by atoms with E-state index in [4.69, 9.17) is 11.1 Å². The normalized spacial score (nSPS) is 17.2. The van der Waals surface area contributed by atoms with Crippen molar-refractivity contribution in [3.05, 3.63) is 6.92 Å². The Morgan fingerprint density at radius 1 is 2.00 bits per heavy atom. The van der Waals surface area contributed by atoms with Crippen LogP contribution in [-0.2, 0) is 0 Å². The zero-order valence-electron chi connectivity index (χ0n) is 3.37. The zero-order valence-corrected chi connectivity index (χ0v) is 5.54. The van der Waals surface area contributed by atoms with Crippen LogP contribution >= 0.6 is 11.1 Å². The van der Waals surface area contributed by atoms with E-state index < -0.39 is 0 Å². The van der Waals surface area contributed by atoms with Gasteiger partial charge in [-0.05, 0) is 6.92 Å². The molecule has 0 N–H and O–H groups in total. The van der Waals surface area contributed by atoms with Crippen LogP contribution in [0.5, 0.6) is 0 Å². The van der Waals surface area contributed by atoms with Gasteiger partial charge in [0.15, 0.2) is 8.83 Å². The van der Waals surface area contributed by atoms with Crippen LogP contribution in [0.3, 0.4) is 0 Å². The minimum atomic E-state index is -0.290. The smallest absolute Gasteiger partial charge is 0.170 e. The fraction of sp³-hybridized carbons (Fsp3) is 0.667. The summed E-state index contributed by atoms with van der Waals surface area (Å²) in [5.41, 5.74) is 0.539. The van der Waals surface area contributed by atoms with Gasteiger partial charge >= 0.3 is 0 Å². The van der Waals surface area contributed by atoms with E-state index in [1.165, 1.54) is 0 Å². The Morgan fingerprint density at radius 3 is 2.20 bits per heavy atom. The summed E-state index contributed by atoms with van der Waals surface area (Å²) >= 11 is 5.41. The number of hydrogen-bond donors (Lipinski definition) is 0. The van der Waals surface area contributed by atoms with Gasteiger partial charge in [-0.3, -0.25) is 0 Å². The maximum Gasteiger partial charge on any atom is 0.179 e. The summed E-state index contributed by atoms with van der Waals surface area (Å²) < 4.78 is 0. The van der Waals surface area contributed by atoms with Gasteiger partial charge in [0.2, 0.25) is 0 Å². The van der Waals surface area contributed by atoms with E-state index in [0.717, 1.165) is 0 Å². The Bertz CT molecular complexity index is 20.9. The molecule has 5 heavy (non-hydrogen) atoms. The molecule has 1 atom stereocenters. The monoisotopic (exact) mass is 107 g/mol. The van der Waals surface area contributed by atoms with Crippen molar-refractivity contribution in [1.82, 2.24) is 0 Å². The van der Waals surface area contributed by atoms with Crippen molar-refractivity contribution < 1.29 is 0 Å². The molecule has 0 saturated heterocycles. The van der Waals surface area contributed by atoms with E-state index in [1.807, 2.05) is 6.92 Å². The van der Waals surface area contributed by atoms with E-state index in [9.17, 15) is 0 Å². The van der Waals surface area contributed by atoms with E-state index in [2.05, 4.69) is 6.92 Å². The molecule has 0 bridgehead atoms. The Hall–Kier alpha value is 0.377. The van der Waals surface area contributed by atoms with Crippen LogP contribution in [0.2, 0.25) is 5.54 Å². The van der Waals surface area contributed by atoms with Crippen molar-refractivity contribution in [1.29, 1.82) is 0 Å². The molecule has 0 aliphatic carbocycles. The summed E-state index contributed by atoms with van der Waals surface area (Å²) in [5, 5.41) is 0. The van der Waals surface area contributed by atoms with Gasteiger partial charge in [0.05, 0.1) is 12.5 Å². The Kier molecular flexibility index (Phi) is 2.80. The van der Waals surface area contributed by atoms with Gasteiger partial charge in [-0.25, -0.2) is 0 Å². The predicted octanol–water partition coefficient (Wildman–Crippen LogP) is 0.951. The second kappa shape index (κ2) is 2.61. The van der Waals surface area contributed by atoms with Crippen molar-refractivity contribution in [2.45, 2.75) is 12.5 Å². The topological polar surface area (TPSA) is 0 Å². The Balaban J connectivity index is 2.54. The number of hydrogen-bond acceptors (Lipinski definition) is 0. The van der Waals surface area contributed by atoms with Gasteiger partial charge in [0.25, 0.3) is 0 Å². The average molecular weight is 108 g/mol. The molecular weight excluding hydrogens is 99.6 g/mol. The fourth-order valence-electron chi connectivity index (χ4n) is 0. The quantitative estimate of drug-likeness (QED) is 0.266. The summed E-state index contributed by atoms with van der Waals surface area (Å²) in [6.45, 7) is 5.73. The molecule has 0 rings (SSSR count). The molecule has 0 aliphatic heterocycles. The lowest BCUT2D eigenvalue weighted by Gasteiger charge is -1.78. The highest BCUT2D eigenvalue weighted by atomic mass is 35.6. The minimum Gasteiger partial charge on any atom is -0.170 e. The molecule has 0 aromatic rings. The molecular formula is C3H8ClSi+. The third kappa shape index (κ3) is 4.38. The fourth-order valence-corrected chi connectivity index (χ4v) is 0. The first kappa shape index (κ1) is 5.38. The summed E-state index contributed by atoms with van der Waals surface area (Å²) in [7, 11) is -0.290. The maximum atomic E-state index is 5.41. The van der Waals surface area contributed by atoms with Crippen LogP contribution in [-0.4, -0.2) is 8.83 Å². The van der Waals surface area contributed by atoms with E-state index in [-0.39, 0.29) is 8.83 Å². The van der Waals surface area contributed by atoms with E-state index >= 15 is 0 Å². The molecule has 0 amide bonds. The van der Waals surface area contributed by atoms with Crippen molar-refractivity contribution in [3.63, 3.8) is 0 Å². The Morgan fingerprint density at radius 2 is 2.20 bits per heavy atom. The zero-order chi connectivity index (χ0) is 4.28. The van der Waals surface area contributed by atoms with Crippen LogP contribution in [0.1, 0.15) is 6.92 Å². The molecule has 0 aromatic heterocycles. The molecule has 0 radical (unpaired) electrons. The van der Waals surface area contributed by atoms with Gasteiger partial charge in [-0.15, -0.1) is 0 Å². The molecule has 1 unspecified atom stereocenters. The van der Waals surface area contributed by atoms with Crippen LogP contribution < -0.4 is 0 Å². The SMILES string of the molecule is [CH2+]C(C)[SiH2]Cl. The van der Waals surface area contributed by atoms with Gasteiger partial charge in [0, 0.05) is 0 Å². The lowest BCUT2D eigenvalue weighted by molar-refractivity contribution is 1.20. The standard InChI is InChI=1S/C3H8ClSi/c1-3(2)5-4/h3H,1,5H2,2H3/q+1. The molecule has 0 heterocycles. The molecule has 0 aromatic carbocycles. The first-order valence-corrected chi connectivity index (χ1v) is 4.62. The van der Waals surface area contributed by atoms with Crippen LogP contribution in [0, 0.1) is 6.92 Å². The average Bonchev–Trinajstić information content (AvgIpc) is 1.38. The molecule has 0 aliphatic rings. The highest BCUT2D eigenvalue weighted by Crippen LogP contribution is 1.95. The first-order chi connectivity index (χ1) is 2.27. The first-order valence-electron chi connectivity index (χ1n) is 1.66. The third-order valence-corrected chi connectivity index (χ3v) is 2.37. The van der Waals surface area contributed by atoms with Crippen molar-refractivity contribution in [2.24, 2.45) is 0 Å². The van der Waals surface area contributed by atoms with Crippen LogP contribution in [0.4, 0.5) is 0 Å². The van der Waals surface area contributed by atoms with E-state index in [1.54, 1.807) is 0 Å². The molecule has 0 fully saturated rings. The largest absolute Gasteiger partial charge is 0.179 e. The maximum absolute atomic E-state index is 5.41. The van der Waals surface area contributed by atoms with Gasteiger partial charge in [0.1, 0.15) is 0 Å². The summed E-state index contributed by atoms with van der Waals surface area (Å²) in [6, 6.07) is 0. The molecule has 2 heteroatoms. The van der Waals surface area contributed by atoms with Crippen molar-refractivity contribution >= 4 is 19.9 Å². The lowest BCUT2D eigenvalue weighted by atomic mass is 10.6. The summed E-state index contributed by atoms with van der Waals surface area (Å²) in [6.07, 6.45) is 0. The highest BCUT2D eigenvalue weighted by molar-refractivity contribution is 6.94. The van der Waals surface area contributed by atoms with Gasteiger partial charge < -0.3 is 0 Å². The lowest BCUT2D eigenvalue weighted by Crippen LogP contribution is -1.80. The second-order valence-corrected chi connectivity index (χ2v) is 3.89. The second-order valence-electron chi connectivity index (χ2n) is 1.26. The molecule has 0 nitrogen and oxygen atoms in total. The molecule has 0 saturated carbocycles. The third-order valence-electron chi connectivity index (χ3n) is 0.263. The summed E-state index contributed by atoms with van der Waals surface area (Å²) in [4.78, 5) is 0. The Labute approximate surface area is 40.1 Å². The minimum absolute atomic E-state index is 0.290. The van der Waals surface area contributed by atoms with Crippen molar-refractivity contribution in [2.75, 3.05) is 0 Å². The van der Waals surface area contributed by atoms with Gasteiger partial charge in [-0.2, -0.15) is 11.1 Å².